The number of anilines is 1. The fourth-order valence-corrected chi connectivity index (χ4v) is 7.87. The molecule has 0 amide bonds. The van der Waals surface area contributed by atoms with Crippen LogP contribution in [0.2, 0.25) is 0 Å². The molecule has 274 valence electrons. The molecule has 0 bridgehead atoms. The van der Waals surface area contributed by atoms with Gasteiger partial charge in [-0.2, -0.15) is 21.4 Å². The van der Waals surface area contributed by atoms with Crippen molar-refractivity contribution < 1.29 is 70.1 Å². The molecule has 0 unspecified atom stereocenters. The number of nitrogens with zero attached hydrogens (tertiary/aromatic N) is 2. The maximum atomic E-state index is 12.4. The topological polar surface area (TPSA) is 264 Å². The van der Waals surface area contributed by atoms with Crippen molar-refractivity contribution in [1.82, 2.24) is 0 Å². The maximum Gasteiger partial charge on any atom is 0.336 e. The van der Waals surface area contributed by atoms with Gasteiger partial charge in [-0.1, -0.05) is 19.9 Å². The van der Waals surface area contributed by atoms with Gasteiger partial charge >= 0.3 is 23.9 Å². The molecule has 0 saturated carbocycles. The van der Waals surface area contributed by atoms with Gasteiger partial charge in [0.15, 0.2) is 5.71 Å². The first-order valence-corrected chi connectivity index (χ1v) is 18.6. The molecule has 2 heterocycles. The molecule has 0 fully saturated rings. The van der Waals surface area contributed by atoms with E-state index in [2.05, 4.69) is 0 Å². The zero-order chi connectivity index (χ0) is 38.4. The summed E-state index contributed by atoms with van der Waals surface area (Å²) in [4.78, 5) is 50.2. The van der Waals surface area contributed by atoms with E-state index in [1.807, 2.05) is 0 Å². The molecule has 2 aliphatic rings. The van der Waals surface area contributed by atoms with Crippen molar-refractivity contribution in [2.75, 3.05) is 29.5 Å². The van der Waals surface area contributed by atoms with E-state index in [0.29, 0.717) is 11.4 Å². The third kappa shape index (κ3) is 7.88. The van der Waals surface area contributed by atoms with Gasteiger partial charge in [0.05, 0.1) is 44.7 Å². The molecule has 6 N–H and O–H groups in total. The fourth-order valence-electron chi connectivity index (χ4n) is 6.89. The number of allylic oxidation sites excluding steroid dienone is 4. The van der Waals surface area contributed by atoms with Gasteiger partial charge in [-0.15, -0.1) is 0 Å². The average Bonchev–Trinajstić information content (AvgIpc) is 3.33. The Morgan fingerprint density at radius 2 is 1.24 bits per heavy atom. The third-order valence-corrected chi connectivity index (χ3v) is 10.6. The zero-order valence-electron chi connectivity index (χ0n) is 27.9. The van der Waals surface area contributed by atoms with E-state index >= 15 is 0 Å². The number of hydrogen-bond donors (Lipinski definition) is 6. The van der Waals surface area contributed by atoms with Crippen molar-refractivity contribution in [3.05, 3.63) is 81.6 Å². The second-order valence-electron chi connectivity index (χ2n) is 13.2. The summed E-state index contributed by atoms with van der Waals surface area (Å²) in [5, 5.41) is 39.6. The molecule has 2 aromatic carbocycles. The molecule has 51 heavy (non-hydrogen) atoms. The van der Waals surface area contributed by atoms with Gasteiger partial charge in [-0.25, -0.2) is 19.2 Å². The number of benzene rings is 2. The summed E-state index contributed by atoms with van der Waals surface area (Å²) in [6.45, 7) is 6.62. The first-order valence-electron chi connectivity index (χ1n) is 15.4. The van der Waals surface area contributed by atoms with Crippen LogP contribution in [0.1, 0.15) is 93.1 Å². The summed E-state index contributed by atoms with van der Waals surface area (Å²) in [7, 11) is -8.76. The molecule has 16 nitrogen and oxygen atoms in total. The molecule has 0 saturated heterocycles. The van der Waals surface area contributed by atoms with E-state index in [9.17, 15) is 65.5 Å². The highest BCUT2D eigenvalue weighted by Crippen LogP contribution is 2.50. The lowest BCUT2D eigenvalue weighted by molar-refractivity contribution is -0.437. The summed E-state index contributed by atoms with van der Waals surface area (Å²) in [5.74, 6) is -6.86. The molecule has 4 rings (SSSR count). The van der Waals surface area contributed by atoms with E-state index in [4.69, 9.17) is 0 Å². The minimum Gasteiger partial charge on any atom is -0.478 e. The van der Waals surface area contributed by atoms with Gasteiger partial charge in [0.1, 0.15) is 6.54 Å². The van der Waals surface area contributed by atoms with Crippen LogP contribution in [0.5, 0.6) is 0 Å². The number of carbonyl (C=O) groups is 4. The molecule has 18 heteroatoms. The van der Waals surface area contributed by atoms with Gasteiger partial charge in [-0.05, 0) is 44.5 Å². The van der Waals surface area contributed by atoms with Crippen molar-refractivity contribution >= 4 is 61.2 Å². The standard InChI is InChI=1S/C33H36N2O14S2/c1-32(2)24(34(10-6-12-50(44,45)46)22-16-18(28(36)37)14-20(26(22)32)30(40)41)8-5-9-25-33(3,4)27-21(31(42)43)15-19(29(38)39)17-23(27)35(25)11-7-13-51(47,48)49/h5,8-9,14-17H,6-7,10-13H2,1-4H3,(H5-,36,37,38,39,40,41,42,43,44,45,46,47,48,49)/p+1. The van der Waals surface area contributed by atoms with Crippen molar-refractivity contribution in [3.63, 3.8) is 0 Å². The molecule has 0 radical (unpaired) electrons. The number of carboxylic acid groups (broad SMARTS) is 4. The van der Waals surface area contributed by atoms with Crippen LogP contribution in [-0.2, 0) is 31.1 Å². The van der Waals surface area contributed by atoms with E-state index in [1.165, 1.54) is 12.1 Å². The molecule has 0 aromatic heterocycles. The van der Waals surface area contributed by atoms with Crippen LogP contribution in [-0.4, -0.2) is 105 Å². The highest BCUT2D eigenvalue weighted by Gasteiger charge is 2.48. The van der Waals surface area contributed by atoms with Crippen LogP contribution >= 0.6 is 0 Å². The molecule has 0 atom stereocenters. The number of aromatic carboxylic acids is 4. The highest BCUT2D eigenvalue weighted by atomic mass is 32.2. The monoisotopic (exact) mass is 749 g/mol. The van der Waals surface area contributed by atoms with Gasteiger partial charge in [0.25, 0.3) is 20.2 Å². The number of carboxylic acids is 4. The SMILES string of the molecule is CC1(C)C(/C=C/C=C2/N(CCCS(=O)(=O)O)c3cc(C(=O)O)cc(C(=O)O)c3C2(C)C)=[N+](CCCS(=O)(=O)O)c2cc(C(=O)O)cc(C(=O)O)c21. The van der Waals surface area contributed by atoms with E-state index in [-0.39, 0.29) is 70.7 Å². The smallest absolute Gasteiger partial charge is 0.336 e. The Balaban J connectivity index is 1.94. The highest BCUT2D eigenvalue weighted by molar-refractivity contribution is 7.86. The summed E-state index contributed by atoms with van der Waals surface area (Å²) < 4.78 is 66.4. The van der Waals surface area contributed by atoms with Crippen molar-refractivity contribution in [2.45, 2.75) is 51.4 Å². The van der Waals surface area contributed by atoms with Gasteiger partial charge in [0, 0.05) is 47.5 Å². The summed E-state index contributed by atoms with van der Waals surface area (Å²) in [6.07, 6.45) is 4.47. The fraction of sp³-hybridized carbons (Fsp3) is 0.364. The summed E-state index contributed by atoms with van der Waals surface area (Å²) in [6, 6.07) is 4.62. The number of fused-ring (bicyclic) bond motifs is 2. The third-order valence-electron chi connectivity index (χ3n) is 8.96. The van der Waals surface area contributed by atoms with Crippen LogP contribution in [0.3, 0.4) is 0 Å². The van der Waals surface area contributed by atoms with Crippen molar-refractivity contribution in [1.29, 1.82) is 0 Å². The van der Waals surface area contributed by atoms with Crippen LogP contribution in [0.4, 0.5) is 11.4 Å². The molecule has 2 aliphatic heterocycles. The Morgan fingerprint density at radius 3 is 1.75 bits per heavy atom. The first kappa shape index (κ1) is 38.9. The van der Waals surface area contributed by atoms with Crippen molar-refractivity contribution in [3.8, 4) is 0 Å². The van der Waals surface area contributed by atoms with E-state index < -0.39 is 66.4 Å². The quantitative estimate of drug-likeness (QED) is 0.119. The minimum atomic E-state index is -4.38. The lowest BCUT2D eigenvalue weighted by atomic mass is 9.78. The predicted molar refractivity (Wildman–Crippen MR) is 183 cm³/mol. The molecular weight excluding hydrogens is 712 g/mol. The summed E-state index contributed by atoms with van der Waals surface area (Å²) in [5.41, 5.74) is -1.69. The van der Waals surface area contributed by atoms with E-state index in [0.717, 1.165) is 12.1 Å². The lowest BCUT2D eigenvalue weighted by Gasteiger charge is -2.27. The van der Waals surface area contributed by atoms with E-state index in [1.54, 1.807) is 55.4 Å². The Labute approximate surface area is 293 Å². The number of hydrogen-bond acceptors (Lipinski definition) is 9. The first-order chi connectivity index (χ1) is 23.4. The zero-order valence-corrected chi connectivity index (χ0v) is 29.6. The predicted octanol–water partition coefficient (Wildman–Crippen LogP) is 3.65. The van der Waals surface area contributed by atoms with Crippen LogP contribution in [0.15, 0.2) is 48.2 Å². The normalized spacial score (nSPS) is 17.2. The van der Waals surface area contributed by atoms with Gasteiger partial charge < -0.3 is 25.3 Å². The van der Waals surface area contributed by atoms with Crippen LogP contribution < -0.4 is 4.90 Å². The Kier molecular flexibility index (Phi) is 10.4. The van der Waals surface area contributed by atoms with Gasteiger partial charge in [0.2, 0.25) is 5.69 Å². The second-order valence-corrected chi connectivity index (χ2v) is 16.3. The average molecular weight is 750 g/mol. The minimum absolute atomic E-state index is 0.0762. The lowest BCUT2D eigenvalue weighted by Crippen LogP contribution is -2.30. The second kappa shape index (κ2) is 13.7. The largest absolute Gasteiger partial charge is 0.478 e. The molecule has 0 aliphatic carbocycles. The van der Waals surface area contributed by atoms with Crippen LogP contribution in [0.25, 0.3) is 0 Å². The Morgan fingerprint density at radius 1 is 0.725 bits per heavy atom. The maximum absolute atomic E-state index is 12.4. The Hall–Kier alpha value is -4.91. The summed E-state index contributed by atoms with van der Waals surface area (Å²) >= 11 is 0. The van der Waals surface area contributed by atoms with Crippen LogP contribution in [0, 0.1) is 0 Å². The van der Waals surface area contributed by atoms with Gasteiger partial charge in [-0.3, -0.25) is 9.11 Å². The Bertz CT molecular complexity index is 2180. The molecule has 2 aromatic rings. The molecular formula is C33H37N2O14S2+. The number of rotatable bonds is 14. The molecule has 0 spiro atoms. The van der Waals surface area contributed by atoms with Crippen molar-refractivity contribution in [2.24, 2.45) is 0 Å².